The van der Waals surface area contributed by atoms with E-state index in [1.165, 1.54) is 18.5 Å². The number of piperidine rings is 1. The van der Waals surface area contributed by atoms with E-state index in [0.717, 1.165) is 18.0 Å². The molecule has 0 aliphatic carbocycles. The van der Waals surface area contributed by atoms with Crippen LogP contribution in [0.25, 0.3) is 0 Å². The first-order chi connectivity index (χ1) is 8.11. The number of rotatable bonds is 2. The van der Waals surface area contributed by atoms with E-state index in [1.807, 2.05) is 19.1 Å². The Morgan fingerprint density at radius 3 is 2.71 bits per heavy atom. The minimum Gasteiger partial charge on any atom is -0.389 e. The molecule has 2 nitrogen and oxygen atoms in total. The van der Waals surface area contributed by atoms with E-state index in [9.17, 15) is 5.11 Å². The monoisotopic (exact) mass is 233 g/mol. The summed E-state index contributed by atoms with van der Waals surface area (Å²) < 4.78 is 0. The smallest absolute Gasteiger partial charge is 0.0781 e. The molecule has 1 aromatic rings. The lowest BCUT2D eigenvalue weighted by molar-refractivity contribution is 0.199. The Morgan fingerprint density at radius 2 is 2.00 bits per heavy atom. The molecule has 1 saturated heterocycles. The minimum atomic E-state index is -0.393. The van der Waals surface area contributed by atoms with Crippen molar-refractivity contribution < 1.29 is 5.11 Å². The molecule has 1 fully saturated rings. The lowest BCUT2D eigenvalue weighted by atomic mass is 9.90. The van der Waals surface area contributed by atoms with Crippen molar-refractivity contribution in [2.45, 2.75) is 45.8 Å². The van der Waals surface area contributed by atoms with Gasteiger partial charge in [-0.25, -0.2) is 0 Å². The van der Waals surface area contributed by atoms with E-state index in [4.69, 9.17) is 0 Å². The second-order valence-corrected chi connectivity index (χ2v) is 5.29. The van der Waals surface area contributed by atoms with Crippen LogP contribution in [0.2, 0.25) is 0 Å². The highest BCUT2D eigenvalue weighted by Gasteiger charge is 2.26. The number of aliphatic hydroxyl groups excluding tert-OH is 1. The summed E-state index contributed by atoms with van der Waals surface area (Å²) in [7, 11) is 0. The number of nitrogens with zero attached hydrogens (tertiary/aromatic N) is 1. The van der Waals surface area contributed by atoms with Crippen molar-refractivity contribution in [2.24, 2.45) is 5.92 Å². The van der Waals surface area contributed by atoms with Crippen LogP contribution >= 0.6 is 0 Å². The van der Waals surface area contributed by atoms with Gasteiger partial charge in [0.2, 0.25) is 0 Å². The number of hydrogen-bond acceptors (Lipinski definition) is 2. The van der Waals surface area contributed by atoms with Crippen molar-refractivity contribution in [3.8, 4) is 0 Å². The van der Waals surface area contributed by atoms with Crippen LogP contribution < -0.4 is 4.90 Å². The fraction of sp³-hybridized carbons (Fsp3) is 0.600. The molecule has 17 heavy (non-hydrogen) atoms. The zero-order valence-corrected chi connectivity index (χ0v) is 11.1. The molecule has 0 spiro atoms. The highest BCUT2D eigenvalue weighted by molar-refractivity contribution is 5.55. The van der Waals surface area contributed by atoms with Gasteiger partial charge in [-0.05, 0) is 38.7 Å². The largest absolute Gasteiger partial charge is 0.389 e. The van der Waals surface area contributed by atoms with E-state index >= 15 is 0 Å². The maximum atomic E-state index is 9.86. The highest BCUT2D eigenvalue weighted by atomic mass is 16.3. The molecule has 94 valence electrons. The van der Waals surface area contributed by atoms with Gasteiger partial charge < -0.3 is 10.0 Å². The summed E-state index contributed by atoms with van der Waals surface area (Å²) in [6, 6.07) is 8.79. The van der Waals surface area contributed by atoms with Crippen molar-refractivity contribution >= 4 is 5.69 Å². The fourth-order valence-corrected chi connectivity index (χ4v) is 2.78. The summed E-state index contributed by atoms with van der Waals surface area (Å²) in [5, 5.41) is 9.86. The van der Waals surface area contributed by atoms with Crippen LogP contribution in [0.1, 0.15) is 45.3 Å². The minimum absolute atomic E-state index is 0.393. The third kappa shape index (κ3) is 2.47. The van der Waals surface area contributed by atoms with E-state index in [-0.39, 0.29) is 0 Å². The molecule has 0 amide bonds. The first kappa shape index (κ1) is 12.4. The van der Waals surface area contributed by atoms with Crippen molar-refractivity contribution in [2.75, 3.05) is 11.4 Å². The number of anilines is 1. The van der Waals surface area contributed by atoms with Crippen LogP contribution in [-0.2, 0) is 0 Å². The van der Waals surface area contributed by atoms with Crippen molar-refractivity contribution in [1.29, 1.82) is 0 Å². The Labute approximate surface area is 104 Å². The summed E-state index contributed by atoms with van der Waals surface area (Å²) in [4.78, 5) is 2.45. The first-order valence-electron chi connectivity index (χ1n) is 6.65. The predicted molar refractivity (Wildman–Crippen MR) is 72.3 cm³/mol. The van der Waals surface area contributed by atoms with Gasteiger partial charge in [-0.2, -0.15) is 0 Å². The molecule has 2 rings (SSSR count). The molecule has 0 bridgehead atoms. The van der Waals surface area contributed by atoms with E-state index < -0.39 is 6.10 Å². The Hall–Kier alpha value is -1.02. The maximum absolute atomic E-state index is 9.86. The summed E-state index contributed by atoms with van der Waals surface area (Å²) in [6.45, 7) is 7.57. The van der Waals surface area contributed by atoms with E-state index in [1.54, 1.807) is 0 Å². The fourth-order valence-electron chi connectivity index (χ4n) is 2.78. The predicted octanol–water partition coefficient (Wildman–Crippen LogP) is 3.36. The van der Waals surface area contributed by atoms with Crippen LogP contribution in [0.3, 0.4) is 0 Å². The molecular formula is C15H23NO. The standard InChI is InChI=1S/C15H23NO/c1-11-7-6-10-16(12(11)2)15-9-5-4-8-14(15)13(3)17/h4-5,8-9,11-13,17H,6-7,10H2,1-3H3/t11?,12?,13-/m0/s1. The SMILES string of the molecule is CC1CCCN(c2ccccc2[C@H](C)O)C1C. The average molecular weight is 233 g/mol. The van der Waals surface area contributed by atoms with E-state index in [0.29, 0.717) is 6.04 Å². The van der Waals surface area contributed by atoms with Crippen LogP contribution in [0.15, 0.2) is 24.3 Å². The topological polar surface area (TPSA) is 23.5 Å². The van der Waals surface area contributed by atoms with Gasteiger partial charge in [0.1, 0.15) is 0 Å². The van der Waals surface area contributed by atoms with E-state index in [2.05, 4.69) is 30.9 Å². The summed E-state index contributed by atoms with van der Waals surface area (Å²) in [5.74, 6) is 0.728. The summed E-state index contributed by atoms with van der Waals surface area (Å²) in [5.41, 5.74) is 2.26. The Balaban J connectivity index is 2.32. The van der Waals surface area contributed by atoms with Gasteiger partial charge in [-0.3, -0.25) is 0 Å². The Bertz CT molecular complexity index is 375. The highest BCUT2D eigenvalue weighted by Crippen LogP contribution is 2.33. The van der Waals surface area contributed by atoms with Crippen LogP contribution in [0.4, 0.5) is 5.69 Å². The quantitative estimate of drug-likeness (QED) is 0.846. The average Bonchev–Trinajstić information content (AvgIpc) is 2.33. The Kier molecular flexibility index (Phi) is 3.72. The molecule has 1 aromatic carbocycles. The number of aliphatic hydroxyl groups is 1. The molecule has 1 heterocycles. The third-order valence-corrected chi connectivity index (χ3v) is 4.07. The van der Waals surface area contributed by atoms with Gasteiger partial charge in [0, 0.05) is 23.8 Å². The Morgan fingerprint density at radius 1 is 1.29 bits per heavy atom. The molecular weight excluding hydrogens is 210 g/mol. The first-order valence-corrected chi connectivity index (χ1v) is 6.65. The third-order valence-electron chi connectivity index (χ3n) is 4.07. The van der Waals surface area contributed by atoms with Crippen molar-refractivity contribution in [1.82, 2.24) is 0 Å². The van der Waals surface area contributed by atoms with Gasteiger partial charge in [-0.15, -0.1) is 0 Å². The van der Waals surface area contributed by atoms with Crippen LogP contribution in [0.5, 0.6) is 0 Å². The molecule has 0 saturated carbocycles. The lowest BCUT2D eigenvalue weighted by Gasteiger charge is -2.40. The molecule has 2 unspecified atom stereocenters. The molecule has 3 atom stereocenters. The second kappa shape index (κ2) is 5.09. The molecule has 1 N–H and O–H groups in total. The van der Waals surface area contributed by atoms with Gasteiger partial charge in [-0.1, -0.05) is 25.1 Å². The molecule has 0 radical (unpaired) electrons. The molecule has 2 heteroatoms. The number of hydrogen-bond donors (Lipinski definition) is 1. The van der Waals surface area contributed by atoms with Gasteiger partial charge >= 0.3 is 0 Å². The maximum Gasteiger partial charge on any atom is 0.0781 e. The zero-order valence-electron chi connectivity index (χ0n) is 11.1. The molecule has 1 aliphatic heterocycles. The normalized spacial score (nSPS) is 26.9. The lowest BCUT2D eigenvalue weighted by Crippen LogP contribution is -2.43. The van der Waals surface area contributed by atoms with Crippen LogP contribution in [0, 0.1) is 5.92 Å². The van der Waals surface area contributed by atoms with Gasteiger partial charge in [0.05, 0.1) is 6.10 Å². The second-order valence-electron chi connectivity index (χ2n) is 5.29. The summed E-state index contributed by atoms with van der Waals surface area (Å²) >= 11 is 0. The van der Waals surface area contributed by atoms with Crippen LogP contribution in [-0.4, -0.2) is 17.7 Å². The molecule has 0 aromatic heterocycles. The van der Waals surface area contributed by atoms with Gasteiger partial charge in [0.15, 0.2) is 0 Å². The van der Waals surface area contributed by atoms with Gasteiger partial charge in [0.25, 0.3) is 0 Å². The zero-order chi connectivity index (χ0) is 12.4. The van der Waals surface area contributed by atoms with Crippen molar-refractivity contribution in [3.05, 3.63) is 29.8 Å². The molecule has 1 aliphatic rings. The number of benzene rings is 1. The summed E-state index contributed by atoms with van der Waals surface area (Å²) in [6.07, 6.45) is 2.17. The van der Waals surface area contributed by atoms with Crippen molar-refractivity contribution in [3.63, 3.8) is 0 Å². The number of para-hydroxylation sites is 1.